The van der Waals surface area contributed by atoms with E-state index in [1.807, 2.05) is 0 Å². The van der Waals surface area contributed by atoms with Gasteiger partial charge in [-0.1, -0.05) is 284 Å². The zero-order chi connectivity index (χ0) is 45.1. The van der Waals surface area contributed by atoms with E-state index in [-0.39, 0.29) is 31.1 Å². The summed E-state index contributed by atoms with van der Waals surface area (Å²) in [7, 11) is 0. The smallest absolute Gasteiger partial charge is 0.306 e. The molecule has 0 rings (SSSR count). The van der Waals surface area contributed by atoms with Crippen molar-refractivity contribution < 1.29 is 28.6 Å². The largest absolute Gasteiger partial charge is 0.462 e. The maximum Gasteiger partial charge on any atom is 0.306 e. The first-order valence-corrected chi connectivity index (χ1v) is 28.0. The van der Waals surface area contributed by atoms with Crippen molar-refractivity contribution in [3.05, 3.63) is 0 Å². The predicted octanol–water partition coefficient (Wildman–Crippen LogP) is 18.4. The van der Waals surface area contributed by atoms with Crippen molar-refractivity contribution in [3.63, 3.8) is 0 Å². The molecule has 0 aliphatic carbocycles. The molecule has 0 aromatic rings. The number of rotatable bonds is 52. The second-order valence-electron chi connectivity index (χ2n) is 19.2. The molecule has 0 aliphatic rings. The van der Waals surface area contributed by atoms with Gasteiger partial charge < -0.3 is 14.2 Å². The van der Waals surface area contributed by atoms with Crippen molar-refractivity contribution in [2.24, 2.45) is 0 Å². The van der Waals surface area contributed by atoms with Gasteiger partial charge in [0, 0.05) is 19.3 Å². The Balaban J connectivity index is 4.28. The van der Waals surface area contributed by atoms with E-state index in [9.17, 15) is 14.4 Å². The first-order chi connectivity index (χ1) is 30.5. The Morgan fingerprint density at radius 1 is 0.258 bits per heavy atom. The molecule has 0 radical (unpaired) electrons. The Kier molecular flexibility index (Phi) is 50.7. The lowest BCUT2D eigenvalue weighted by Gasteiger charge is -2.18. The van der Waals surface area contributed by atoms with Gasteiger partial charge in [-0.2, -0.15) is 0 Å². The van der Waals surface area contributed by atoms with E-state index in [1.54, 1.807) is 0 Å². The van der Waals surface area contributed by atoms with E-state index in [4.69, 9.17) is 14.2 Å². The summed E-state index contributed by atoms with van der Waals surface area (Å²) in [6.45, 7) is 6.70. The average Bonchev–Trinajstić information content (AvgIpc) is 3.27. The van der Waals surface area contributed by atoms with Crippen molar-refractivity contribution >= 4 is 17.9 Å². The zero-order valence-corrected chi connectivity index (χ0v) is 42.2. The van der Waals surface area contributed by atoms with E-state index >= 15 is 0 Å². The third-order valence-corrected chi connectivity index (χ3v) is 12.9. The van der Waals surface area contributed by atoms with Crippen LogP contribution in [0, 0.1) is 0 Å². The maximum atomic E-state index is 12.8. The average molecular weight is 877 g/mol. The van der Waals surface area contributed by atoms with Crippen LogP contribution >= 0.6 is 0 Å². The maximum absolute atomic E-state index is 12.8. The highest BCUT2D eigenvalue weighted by Crippen LogP contribution is 2.17. The zero-order valence-electron chi connectivity index (χ0n) is 42.2. The number of unbranched alkanes of at least 4 members (excludes halogenated alkanes) is 41. The second kappa shape index (κ2) is 52.0. The molecule has 0 saturated carbocycles. The summed E-state index contributed by atoms with van der Waals surface area (Å²) < 4.78 is 16.9. The summed E-state index contributed by atoms with van der Waals surface area (Å²) >= 11 is 0. The van der Waals surface area contributed by atoms with E-state index in [0.717, 1.165) is 57.8 Å². The minimum atomic E-state index is -0.760. The van der Waals surface area contributed by atoms with Gasteiger partial charge >= 0.3 is 17.9 Å². The number of ether oxygens (including phenoxy) is 3. The van der Waals surface area contributed by atoms with E-state index in [2.05, 4.69) is 20.8 Å². The Morgan fingerprint density at radius 3 is 0.645 bits per heavy atom. The van der Waals surface area contributed by atoms with Crippen LogP contribution in [0.1, 0.15) is 323 Å². The van der Waals surface area contributed by atoms with Crippen LogP contribution in [0.5, 0.6) is 0 Å². The van der Waals surface area contributed by atoms with Gasteiger partial charge in [0.25, 0.3) is 0 Å². The van der Waals surface area contributed by atoms with Crippen molar-refractivity contribution in [3.8, 4) is 0 Å². The molecular weight excluding hydrogens is 769 g/mol. The molecule has 1 atom stereocenters. The molecule has 6 nitrogen and oxygen atoms in total. The van der Waals surface area contributed by atoms with E-state index in [1.165, 1.54) is 225 Å². The molecule has 0 aromatic heterocycles. The van der Waals surface area contributed by atoms with Gasteiger partial charge in [-0.3, -0.25) is 14.4 Å². The molecule has 0 unspecified atom stereocenters. The minimum Gasteiger partial charge on any atom is -0.462 e. The van der Waals surface area contributed by atoms with E-state index in [0.29, 0.717) is 19.3 Å². The molecule has 62 heavy (non-hydrogen) atoms. The highest BCUT2D eigenvalue weighted by molar-refractivity contribution is 5.71. The van der Waals surface area contributed by atoms with Crippen LogP contribution in [0.3, 0.4) is 0 Å². The summed E-state index contributed by atoms with van der Waals surface area (Å²) in [4.78, 5) is 38.0. The van der Waals surface area contributed by atoms with Crippen LogP contribution in [-0.2, 0) is 28.6 Å². The van der Waals surface area contributed by atoms with Crippen molar-refractivity contribution in [2.75, 3.05) is 13.2 Å². The van der Waals surface area contributed by atoms with Gasteiger partial charge in [0.05, 0.1) is 0 Å². The third-order valence-electron chi connectivity index (χ3n) is 12.9. The van der Waals surface area contributed by atoms with Crippen LogP contribution in [0.4, 0.5) is 0 Å². The molecule has 0 saturated heterocycles. The Hall–Kier alpha value is -1.59. The van der Waals surface area contributed by atoms with Crippen LogP contribution in [0.25, 0.3) is 0 Å². The fourth-order valence-electron chi connectivity index (χ4n) is 8.62. The molecule has 6 heteroatoms. The summed E-state index contributed by atoms with van der Waals surface area (Å²) in [5.74, 6) is -0.834. The molecule has 0 heterocycles. The Labute approximate surface area is 387 Å². The first-order valence-electron chi connectivity index (χ1n) is 28.0. The molecule has 0 aliphatic heterocycles. The van der Waals surface area contributed by atoms with E-state index < -0.39 is 6.10 Å². The fourth-order valence-corrected chi connectivity index (χ4v) is 8.62. The molecule has 0 bridgehead atoms. The number of esters is 3. The predicted molar refractivity (Wildman–Crippen MR) is 266 cm³/mol. The van der Waals surface area contributed by atoms with Gasteiger partial charge in [0.2, 0.25) is 0 Å². The molecule has 0 amide bonds. The molecule has 368 valence electrons. The van der Waals surface area contributed by atoms with Crippen LogP contribution in [0.2, 0.25) is 0 Å². The van der Waals surface area contributed by atoms with Crippen LogP contribution in [0.15, 0.2) is 0 Å². The quantitative estimate of drug-likeness (QED) is 0.0344. The molecular formula is C56H108O6. The van der Waals surface area contributed by atoms with Crippen LogP contribution in [-0.4, -0.2) is 37.2 Å². The molecule has 0 spiro atoms. The summed E-state index contributed by atoms with van der Waals surface area (Å²) in [6, 6.07) is 0. The monoisotopic (exact) mass is 877 g/mol. The minimum absolute atomic E-state index is 0.0612. The number of carbonyl (C=O) groups excluding carboxylic acids is 3. The summed E-state index contributed by atoms with van der Waals surface area (Å²) in [6.07, 6.45) is 56.6. The number of carbonyl (C=O) groups is 3. The Bertz CT molecular complexity index is 920. The summed E-state index contributed by atoms with van der Waals surface area (Å²) in [5.41, 5.74) is 0. The molecule has 0 N–H and O–H groups in total. The van der Waals surface area contributed by atoms with Crippen molar-refractivity contribution in [2.45, 2.75) is 329 Å². The normalized spacial score (nSPS) is 11.9. The van der Waals surface area contributed by atoms with Gasteiger partial charge in [-0.15, -0.1) is 0 Å². The number of hydrogen-bond acceptors (Lipinski definition) is 6. The lowest BCUT2D eigenvalue weighted by Crippen LogP contribution is -2.30. The van der Waals surface area contributed by atoms with Gasteiger partial charge in [-0.25, -0.2) is 0 Å². The fraction of sp³-hybridized carbons (Fsp3) is 0.946. The lowest BCUT2D eigenvalue weighted by atomic mass is 10.0. The second-order valence-corrected chi connectivity index (χ2v) is 19.2. The molecule has 0 fully saturated rings. The first kappa shape index (κ1) is 60.4. The lowest BCUT2D eigenvalue weighted by molar-refractivity contribution is -0.167. The van der Waals surface area contributed by atoms with Crippen molar-refractivity contribution in [1.29, 1.82) is 0 Å². The van der Waals surface area contributed by atoms with Gasteiger partial charge in [-0.05, 0) is 19.3 Å². The standard InChI is InChI=1S/C56H108O6/c1-4-7-10-13-16-19-22-25-27-28-29-32-34-37-40-43-46-49-55(58)61-52-53(51-60-54(57)48-45-42-39-36-33-30-24-21-18-15-12-9-6-3)62-56(59)50-47-44-41-38-35-31-26-23-20-17-14-11-8-5-2/h53H,4-52H2,1-3H3/t53-/m0/s1. The van der Waals surface area contributed by atoms with Crippen LogP contribution < -0.4 is 0 Å². The topological polar surface area (TPSA) is 78.9 Å². The third kappa shape index (κ3) is 49.4. The SMILES string of the molecule is CCCCCCCCCCCCCCCCCCCC(=O)OC[C@H](COC(=O)CCCCCCCCCCCCCCC)OC(=O)CCCCCCCCCCCCCCCC. The van der Waals surface area contributed by atoms with Gasteiger partial charge in [0.15, 0.2) is 6.10 Å². The summed E-state index contributed by atoms with van der Waals surface area (Å²) in [5, 5.41) is 0. The van der Waals surface area contributed by atoms with Crippen molar-refractivity contribution in [1.82, 2.24) is 0 Å². The Morgan fingerprint density at radius 2 is 0.435 bits per heavy atom. The highest BCUT2D eigenvalue weighted by atomic mass is 16.6. The number of hydrogen-bond donors (Lipinski definition) is 0. The van der Waals surface area contributed by atoms with Gasteiger partial charge in [0.1, 0.15) is 13.2 Å². The highest BCUT2D eigenvalue weighted by Gasteiger charge is 2.19. The molecule has 0 aromatic carbocycles.